The van der Waals surface area contributed by atoms with Gasteiger partial charge in [0, 0.05) is 24.2 Å². The van der Waals surface area contributed by atoms with Crippen molar-refractivity contribution in [1.29, 1.82) is 0 Å². The summed E-state index contributed by atoms with van der Waals surface area (Å²) in [6.07, 6.45) is 7.90. The van der Waals surface area contributed by atoms with Gasteiger partial charge in [0.05, 0.1) is 0 Å². The summed E-state index contributed by atoms with van der Waals surface area (Å²) < 4.78 is 1.91. The average Bonchev–Trinajstić information content (AvgIpc) is 3.11. The Balaban J connectivity index is 2.02. The van der Waals surface area contributed by atoms with E-state index in [-0.39, 0.29) is 0 Å². The monoisotopic (exact) mass is 291 g/mol. The molecule has 1 aliphatic carbocycles. The Morgan fingerprint density at radius 1 is 1.50 bits per heavy atom. The number of imidazole rings is 1. The molecule has 0 radical (unpaired) electrons. The number of hydrogen-bond acceptors (Lipinski definition) is 4. The molecule has 4 nitrogen and oxygen atoms in total. The van der Waals surface area contributed by atoms with Gasteiger partial charge in [-0.25, -0.2) is 4.98 Å². The molecule has 108 valence electrons. The van der Waals surface area contributed by atoms with Crippen molar-refractivity contribution in [2.45, 2.75) is 45.6 Å². The average molecular weight is 291 g/mol. The van der Waals surface area contributed by atoms with Gasteiger partial charge in [0.2, 0.25) is 0 Å². The first kappa shape index (κ1) is 13.6. The molecule has 5 heteroatoms. The highest BCUT2D eigenvalue weighted by Gasteiger charge is 2.28. The highest BCUT2D eigenvalue weighted by molar-refractivity contribution is 7.15. The minimum Gasteiger partial charge on any atom is -0.351 e. The van der Waals surface area contributed by atoms with Gasteiger partial charge in [-0.2, -0.15) is 0 Å². The van der Waals surface area contributed by atoms with Crippen LogP contribution in [-0.2, 0) is 0 Å². The molecule has 0 aliphatic heterocycles. The van der Waals surface area contributed by atoms with Gasteiger partial charge < -0.3 is 4.90 Å². The van der Waals surface area contributed by atoms with Crippen molar-refractivity contribution in [1.82, 2.24) is 9.38 Å². The van der Waals surface area contributed by atoms with E-state index in [1.807, 2.05) is 16.0 Å². The second-order valence-electron chi connectivity index (χ2n) is 5.98. The van der Waals surface area contributed by atoms with Crippen LogP contribution in [0.2, 0.25) is 0 Å². The van der Waals surface area contributed by atoms with Crippen LogP contribution in [0.15, 0.2) is 11.6 Å². The van der Waals surface area contributed by atoms with Crippen molar-refractivity contribution in [2.24, 2.45) is 5.92 Å². The van der Waals surface area contributed by atoms with Crippen LogP contribution in [0.3, 0.4) is 0 Å². The first-order valence-corrected chi connectivity index (χ1v) is 8.26. The summed E-state index contributed by atoms with van der Waals surface area (Å²) in [4.78, 5) is 19.5. The molecule has 3 rings (SSSR count). The van der Waals surface area contributed by atoms with Crippen molar-refractivity contribution in [2.75, 3.05) is 11.4 Å². The van der Waals surface area contributed by atoms with E-state index in [2.05, 4.69) is 18.7 Å². The maximum atomic E-state index is 11.5. The lowest BCUT2D eigenvalue weighted by molar-refractivity contribution is 0.111. The topological polar surface area (TPSA) is 37.6 Å². The third-order valence-corrected chi connectivity index (χ3v) is 4.75. The fourth-order valence-corrected chi connectivity index (χ4v) is 3.85. The van der Waals surface area contributed by atoms with Crippen molar-refractivity contribution in [3.8, 4) is 0 Å². The molecule has 0 atom stereocenters. The fourth-order valence-electron chi connectivity index (χ4n) is 3.13. The third kappa shape index (κ3) is 2.35. The molecule has 2 aromatic rings. The molecule has 0 bridgehead atoms. The second-order valence-corrected chi connectivity index (χ2v) is 6.85. The maximum Gasteiger partial charge on any atom is 0.196 e. The minimum absolute atomic E-state index is 0.542. The Morgan fingerprint density at radius 3 is 2.90 bits per heavy atom. The molecule has 1 saturated carbocycles. The molecule has 2 aromatic heterocycles. The third-order valence-electron chi connectivity index (χ3n) is 3.99. The van der Waals surface area contributed by atoms with Crippen molar-refractivity contribution >= 4 is 28.4 Å². The summed E-state index contributed by atoms with van der Waals surface area (Å²) >= 11 is 1.58. The van der Waals surface area contributed by atoms with Crippen LogP contribution >= 0.6 is 11.3 Å². The van der Waals surface area contributed by atoms with Crippen LogP contribution in [-0.4, -0.2) is 28.3 Å². The van der Waals surface area contributed by atoms with Gasteiger partial charge >= 0.3 is 0 Å². The van der Waals surface area contributed by atoms with E-state index < -0.39 is 0 Å². The number of anilines is 1. The molecule has 0 unspecified atom stereocenters. The highest BCUT2D eigenvalue weighted by atomic mass is 32.1. The molecule has 20 heavy (non-hydrogen) atoms. The van der Waals surface area contributed by atoms with E-state index in [1.165, 1.54) is 25.7 Å². The van der Waals surface area contributed by atoms with E-state index in [1.54, 1.807) is 11.3 Å². The zero-order valence-electron chi connectivity index (χ0n) is 12.1. The van der Waals surface area contributed by atoms with Gasteiger partial charge in [0.1, 0.15) is 5.69 Å². The van der Waals surface area contributed by atoms with Crippen LogP contribution in [0.1, 0.15) is 50.0 Å². The van der Waals surface area contributed by atoms with Gasteiger partial charge in [-0.05, 0) is 18.8 Å². The Kier molecular flexibility index (Phi) is 3.78. The SMILES string of the molecule is CC(C)CN(c1nc2sccn2c1C=O)C1CCCC1. The van der Waals surface area contributed by atoms with E-state index in [4.69, 9.17) is 4.98 Å². The Hall–Kier alpha value is -1.36. The number of nitrogens with zero attached hydrogens (tertiary/aromatic N) is 3. The molecular formula is C15H21N3OS. The van der Waals surface area contributed by atoms with Gasteiger partial charge in [-0.1, -0.05) is 26.7 Å². The summed E-state index contributed by atoms with van der Waals surface area (Å²) in [6.45, 7) is 5.41. The zero-order chi connectivity index (χ0) is 14.1. The number of rotatable bonds is 5. The van der Waals surface area contributed by atoms with E-state index in [0.717, 1.165) is 23.6 Å². The van der Waals surface area contributed by atoms with Crippen molar-refractivity contribution in [3.63, 3.8) is 0 Å². The predicted molar refractivity (Wildman–Crippen MR) is 82.9 cm³/mol. The molecule has 0 saturated heterocycles. The molecule has 1 fully saturated rings. The number of aromatic nitrogens is 2. The van der Waals surface area contributed by atoms with Crippen molar-refractivity contribution < 1.29 is 4.79 Å². The Labute approximate surface area is 123 Å². The number of carbonyl (C=O) groups is 1. The lowest BCUT2D eigenvalue weighted by Crippen LogP contribution is -2.37. The summed E-state index contributed by atoms with van der Waals surface area (Å²) in [5.41, 5.74) is 0.703. The first-order chi connectivity index (χ1) is 9.70. The van der Waals surface area contributed by atoms with Crippen molar-refractivity contribution in [3.05, 3.63) is 17.3 Å². The van der Waals surface area contributed by atoms with E-state index in [0.29, 0.717) is 17.7 Å². The van der Waals surface area contributed by atoms with Crippen LogP contribution in [0.5, 0.6) is 0 Å². The standard InChI is InChI=1S/C15H21N3OS/c1-11(2)9-18(12-5-3-4-6-12)14-13(10-19)17-7-8-20-15(17)16-14/h7-8,10-12H,3-6,9H2,1-2H3. The summed E-state index contributed by atoms with van der Waals surface area (Å²) in [7, 11) is 0. The maximum absolute atomic E-state index is 11.5. The number of carbonyl (C=O) groups excluding carboxylic acids is 1. The molecule has 0 amide bonds. The minimum atomic E-state index is 0.542. The lowest BCUT2D eigenvalue weighted by Gasteiger charge is -2.31. The smallest absolute Gasteiger partial charge is 0.196 e. The number of thiazole rings is 1. The Morgan fingerprint density at radius 2 is 2.25 bits per heavy atom. The zero-order valence-corrected chi connectivity index (χ0v) is 12.9. The summed E-state index contributed by atoms with van der Waals surface area (Å²) in [6, 6.07) is 0.542. The molecule has 0 spiro atoms. The van der Waals surface area contributed by atoms with Crippen LogP contribution < -0.4 is 4.90 Å². The first-order valence-electron chi connectivity index (χ1n) is 7.38. The molecule has 2 heterocycles. The summed E-state index contributed by atoms with van der Waals surface area (Å²) in [5.74, 6) is 1.45. The quantitative estimate of drug-likeness (QED) is 0.790. The van der Waals surface area contributed by atoms with E-state index in [9.17, 15) is 4.79 Å². The van der Waals surface area contributed by atoms with Gasteiger partial charge in [-0.15, -0.1) is 11.3 Å². The summed E-state index contributed by atoms with van der Waals surface area (Å²) in [5, 5.41) is 1.97. The largest absolute Gasteiger partial charge is 0.351 e. The molecule has 0 aromatic carbocycles. The number of hydrogen-bond donors (Lipinski definition) is 0. The second kappa shape index (κ2) is 5.56. The lowest BCUT2D eigenvalue weighted by atomic mass is 10.1. The highest BCUT2D eigenvalue weighted by Crippen LogP contribution is 2.31. The normalized spacial score (nSPS) is 16.4. The molecular weight excluding hydrogens is 270 g/mol. The van der Waals surface area contributed by atoms with Gasteiger partial charge in [0.25, 0.3) is 0 Å². The van der Waals surface area contributed by atoms with Crippen LogP contribution in [0, 0.1) is 5.92 Å². The number of fused-ring (bicyclic) bond motifs is 1. The van der Waals surface area contributed by atoms with E-state index >= 15 is 0 Å². The predicted octanol–water partition coefficient (Wildman–Crippen LogP) is 3.61. The fraction of sp³-hybridized carbons (Fsp3) is 0.600. The number of aldehydes is 1. The van der Waals surface area contributed by atoms with Crippen LogP contribution in [0.4, 0.5) is 5.82 Å². The molecule has 0 N–H and O–H groups in total. The van der Waals surface area contributed by atoms with Gasteiger partial charge in [0.15, 0.2) is 17.1 Å². The van der Waals surface area contributed by atoms with Gasteiger partial charge in [-0.3, -0.25) is 9.20 Å². The van der Waals surface area contributed by atoms with Crippen LogP contribution in [0.25, 0.3) is 4.96 Å². The molecule has 1 aliphatic rings. The Bertz CT molecular complexity index is 595.